The van der Waals surface area contributed by atoms with Crippen molar-refractivity contribution in [3.63, 3.8) is 0 Å². The predicted octanol–water partition coefficient (Wildman–Crippen LogP) is 4.90. The van der Waals surface area contributed by atoms with Gasteiger partial charge in [0, 0.05) is 11.0 Å². The second-order valence-electron chi connectivity index (χ2n) is 8.23. The highest BCUT2D eigenvalue weighted by atomic mass is 31.3. The van der Waals surface area contributed by atoms with Crippen LogP contribution in [0.1, 0.15) is 36.1 Å². The molecule has 3 aromatic carbocycles. The van der Waals surface area contributed by atoms with Crippen LogP contribution in [-0.4, -0.2) is 29.8 Å². The molecule has 34 heavy (non-hydrogen) atoms. The molecule has 3 rings (SSSR count). The Morgan fingerprint density at radius 2 is 1.21 bits per heavy atom. The Bertz CT molecular complexity index is 1200. The number of aromatic hydroxyl groups is 2. The zero-order valence-corrected chi connectivity index (χ0v) is 20.9. The number of phenols is 2. The number of aryl methyl sites for hydroxylation is 2. The Morgan fingerprint density at radius 3 is 1.65 bits per heavy atom. The second kappa shape index (κ2) is 10.4. The van der Waals surface area contributed by atoms with Gasteiger partial charge in [-0.25, -0.2) is 9.13 Å². The third-order valence-electron chi connectivity index (χ3n) is 5.27. The lowest BCUT2D eigenvalue weighted by Gasteiger charge is -2.27. The molecule has 3 aromatic rings. The molecule has 11 heteroatoms. The number of phenolic OH excluding ortho intramolecular Hbond substituents is 2. The zero-order valence-electron chi connectivity index (χ0n) is 19.1. The summed E-state index contributed by atoms with van der Waals surface area (Å²) in [5.74, 6) is 0.559. The third-order valence-corrected chi connectivity index (χ3v) is 6.97. The van der Waals surface area contributed by atoms with E-state index in [2.05, 4.69) is 50.2 Å². The van der Waals surface area contributed by atoms with E-state index in [0.29, 0.717) is 5.75 Å². The van der Waals surface area contributed by atoms with Gasteiger partial charge in [0.1, 0.15) is 11.5 Å². The molecule has 0 amide bonds. The first kappa shape index (κ1) is 27.8. The SMILES string of the molecule is Cc1cccc(C)c1-c1cc(C(C)(C)c2ccc(O)cc2)ccc1O.O=P(O)(O)OP(=O)(O)O. The fourth-order valence-electron chi connectivity index (χ4n) is 3.55. The maximum absolute atomic E-state index is 10.5. The standard InChI is InChI=1S/C23H24O2.H4O7P2/c1-15-6-5-7-16(2)22(15)20-14-18(10-13-21(20)25)23(3,4)17-8-11-19(24)12-9-17;1-8(2,3)7-9(4,5)6/h5-14,24-25H,1-4H3;(H2,1,2,3)(H2,4,5,6). The summed E-state index contributed by atoms with van der Waals surface area (Å²) < 4.78 is 22.2. The van der Waals surface area contributed by atoms with Gasteiger partial charge in [0.05, 0.1) is 0 Å². The topological polar surface area (TPSA) is 165 Å². The van der Waals surface area contributed by atoms with Crippen molar-refractivity contribution in [2.24, 2.45) is 0 Å². The van der Waals surface area contributed by atoms with E-state index in [1.165, 1.54) is 0 Å². The average molecular weight is 510 g/mol. The summed E-state index contributed by atoms with van der Waals surface area (Å²) in [5.41, 5.74) is 6.23. The molecule has 0 atom stereocenters. The summed E-state index contributed by atoms with van der Waals surface area (Å²) in [6.45, 7) is 8.44. The van der Waals surface area contributed by atoms with E-state index in [-0.39, 0.29) is 11.2 Å². The minimum absolute atomic E-state index is 0.243. The number of rotatable bonds is 5. The normalized spacial score (nSPS) is 12.1. The minimum atomic E-state index is -5.05. The Labute approximate surface area is 197 Å². The summed E-state index contributed by atoms with van der Waals surface area (Å²) >= 11 is 0. The summed E-state index contributed by atoms with van der Waals surface area (Å²) in [6.07, 6.45) is 0. The predicted molar refractivity (Wildman–Crippen MR) is 128 cm³/mol. The van der Waals surface area contributed by atoms with Crippen molar-refractivity contribution < 1.29 is 43.2 Å². The number of benzene rings is 3. The molecular formula is C23H28O9P2. The van der Waals surface area contributed by atoms with Gasteiger partial charge in [-0.15, -0.1) is 0 Å². The molecule has 0 aromatic heterocycles. The van der Waals surface area contributed by atoms with E-state index in [0.717, 1.165) is 33.4 Å². The lowest BCUT2D eigenvalue weighted by atomic mass is 9.77. The van der Waals surface area contributed by atoms with E-state index in [1.54, 1.807) is 18.2 Å². The van der Waals surface area contributed by atoms with Gasteiger partial charge in [-0.1, -0.05) is 50.2 Å². The summed E-state index contributed by atoms with van der Waals surface area (Å²) in [4.78, 5) is 31.0. The van der Waals surface area contributed by atoms with E-state index < -0.39 is 15.6 Å². The molecule has 0 bridgehead atoms. The molecule has 0 saturated heterocycles. The fourth-order valence-corrected chi connectivity index (χ4v) is 4.66. The first-order chi connectivity index (χ1) is 15.5. The van der Waals surface area contributed by atoms with Gasteiger partial charge < -0.3 is 29.8 Å². The van der Waals surface area contributed by atoms with Crippen LogP contribution in [0.25, 0.3) is 11.1 Å². The van der Waals surface area contributed by atoms with Crippen LogP contribution in [0.5, 0.6) is 11.5 Å². The lowest BCUT2D eigenvalue weighted by molar-refractivity contribution is 0.225. The molecule has 0 fully saturated rings. The van der Waals surface area contributed by atoms with Gasteiger partial charge in [-0.05, 0) is 65.9 Å². The first-order valence-corrected chi connectivity index (χ1v) is 13.1. The van der Waals surface area contributed by atoms with E-state index in [1.807, 2.05) is 24.3 Å². The van der Waals surface area contributed by atoms with Gasteiger partial charge >= 0.3 is 15.6 Å². The molecule has 0 heterocycles. The molecule has 9 nitrogen and oxygen atoms in total. The maximum Gasteiger partial charge on any atom is 0.478 e. The van der Waals surface area contributed by atoms with Crippen molar-refractivity contribution >= 4 is 15.6 Å². The van der Waals surface area contributed by atoms with Crippen LogP contribution in [0.4, 0.5) is 0 Å². The van der Waals surface area contributed by atoms with Crippen LogP contribution in [0.15, 0.2) is 60.7 Å². The summed E-state index contributed by atoms with van der Waals surface area (Å²) in [7, 11) is -10.1. The highest BCUT2D eigenvalue weighted by Gasteiger charge is 2.28. The van der Waals surface area contributed by atoms with E-state index >= 15 is 0 Å². The molecule has 0 saturated carbocycles. The van der Waals surface area contributed by atoms with Crippen molar-refractivity contribution in [2.45, 2.75) is 33.1 Å². The Morgan fingerprint density at radius 1 is 0.735 bits per heavy atom. The minimum Gasteiger partial charge on any atom is -0.508 e. The molecule has 0 spiro atoms. The van der Waals surface area contributed by atoms with Gasteiger partial charge in [0.25, 0.3) is 0 Å². The van der Waals surface area contributed by atoms with Crippen molar-refractivity contribution in [1.82, 2.24) is 0 Å². The van der Waals surface area contributed by atoms with E-state index in [9.17, 15) is 19.3 Å². The van der Waals surface area contributed by atoms with Gasteiger partial charge in [0.2, 0.25) is 0 Å². The summed E-state index contributed by atoms with van der Waals surface area (Å²) in [6, 6.07) is 19.3. The van der Waals surface area contributed by atoms with Crippen molar-refractivity contribution in [2.75, 3.05) is 0 Å². The number of hydrogen-bond acceptors (Lipinski definition) is 5. The van der Waals surface area contributed by atoms with Crippen molar-refractivity contribution in [3.05, 3.63) is 82.9 Å². The Hall–Kier alpha value is -2.48. The smallest absolute Gasteiger partial charge is 0.478 e. The molecule has 0 unspecified atom stereocenters. The van der Waals surface area contributed by atoms with Gasteiger partial charge in [-0.2, -0.15) is 4.31 Å². The molecule has 184 valence electrons. The third kappa shape index (κ3) is 7.52. The van der Waals surface area contributed by atoms with E-state index in [4.69, 9.17) is 19.6 Å². The largest absolute Gasteiger partial charge is 0.508 e. The second-order valence-corrected chi connectivity index (χ2v) is 10.8. The molecule has 0 radical (unpaired) electrons. The Balaban J connectivity index is 0.000000387. The van der Waals surface area contributed by atoms with Crippen molar-refractivity contribution in [1.29, 1.82) is 0 Å². The van der Waals surface area contributed by atoms with Crippen LogP contribution in [-0.2, 0) is 18.9 Å². The maximum atomic E-state index is 10.5. The van der Waals surface area contributed by atoms with Crippen LogP contribution in [0.3, 0.4) is 0 Å². The highest BCUT2D eigenvalue weighted by molar-refractivity contribution is 7.60. The molecule has 0 aliphatic heterocycles. The zero-order chi connectivity index (χ0) is 25.9. The van der Waals surface area contributed by atoms with Crippen LogP contribution in [0.2, 0.25) is 0 Å². The fraction of sp³-hybridized carbons (Fsp3) is 0.217. The van der Waals surface area contributed by atoms with Gasteiger partial charge in [-0.3, -0.25) is 0 Å². The van der Waals surface area contributed by atoms with Gasteiger partial charge in [0.15, 0.2) is 0 Å². The quantitative estimate of drug-likeness (QED) is 0.262. The first-order valence-electron chi connectivity index (χ1n) is 10.0. The molecule has 0 aliphatic carbocycles. The Kier molecular flexibility index (Phi) is 8.51. The van der Waals surface area contributed by atoms with Crippen molar-refractivity contribution in [3.8, 4) is 22.6 Å². The van der Waals surface area contributed by atoms with Crippen LogP contribution >= 0.6 is 15.6 Å². The number of phosphoric acid groups is 2. The van der Waals surface area contributed by atoms with Crippen LogP contribution < -0.4 is 0 Å². The highest BCUT2D eigenvalue weighted by Crippen LogP contribution is 2.53. The summed E-state index contributed by atoms with van der Waals surface area (Å²) in [5, 5.41) is 20.0. The molecule has 6 N–H and O–H groups in total. The lowest BCUT2D eigenvalue weighted by Crippen LogP contribution is -2.18. The molecular weight excluding hydrogens is 482 g/mol. The monoisotopic (exact) mass is 510 g/mol. The molecule has 0 aliphatic rings. The average Bonchev–Trinajstić information content (AvgIpc) is 2.67. The van der Waals surface area contributed by atoms with Crippen LogP contribution in [0, 0.1) is 13.8 Å². The number of hydrogen-bond donors (Lipinski definition) is 6.